The van der Waals surface area contributed by atoms with Crippen LogP contribution in [0.4, 0.5) is 11.9 Å². The predicted octanol–water partition coefficient (Wildman–Crippen LogP) is 2.06. The minimum Gasteiger partial charge on any atom is -0.347 e. The van der Waals surface area contributed by atoms with Crippen LogP contribution in [0.5, 0.6) is 0 Å². The first-order valence-electron chi connectivity index (χ1n) is 8.78. The van der Waals surface area contributed by atoms with Gasteiger partial charge in [0.05, 0.1) is 11.6 Å². The molecule has 0 spiro atoms. The predicted molar refractivity (Wildman–Crippen MR) is 106 cm³/mol. The topological polar surface area (TPSA) is 91.3 Å². The van der Waals surface area contributed by atoms with E-state index in [-0.39, 0.29) is 16.5 Å². The number of hydrogen-bond acceptors (Lipinski definition) is 7. The van der Waals surface area contributed by atoms with E-state index in [2.05, 4.69) is 24.6 Å². The van der Waals surface area contributed by atoms with Gasteiger partial charge in [-0.15, -0.1) is 0 Å². The third-order valence-electron chi connectivity index (χ3n) is 4.24. The summed E-state index contributed by atoms with van der Waals surface area (Å²) in [6.45, 7) is 1.74. The van der Waals surface area contributed by atoms with Crippen molar-refractivity contribution in [1.29, 1.82) is 0 Å². The summed E-state index contributed by atoms with van der Waals surface area (Å²) in [5.74, 6) is 1.45. The number of nitrogens with one attached hydrogen (secondary N) is 1. The molecule has 3 rings (SSSR count). The molecule has 10 heteroatoms. The van der Waals surface area contributed by atoms with E-state index in [1.807, 2.05) is 14.1 Å². The Morgan fingerprint density at radius 2 is 1.81 bits per heavy atom. The summed E-state index contributed by atoms with van der Waals surface area (Å²) in [4.78, 5) is 17.3. The molecule has 1 saturated heterocycles. The molecule has 1 aliphatic rings. The quantitative estimate of drug-likeness (QED) is 0.779. The van der Waals surface area contributed by atoms with E-state index in [1.165, 1.54) is 18.6 Å². The van der Waals surface area contributed by atoms with Crippen molar-refractivity contribution in [3.63, 3.8) is 0 Å². The molecule has 2 aromatic rings. The van der Waals surface area contributed by atoms with Gasteiger partial charge in [-0.2, -0.15) is 15.0 Å². The van der Waals surface area contributed by atoms with E-state index in [0.717, 1.165) is 25.9 Å². The highest BCUT2D eigenvalue weighted by Gasteiger charge is 2.20. The largest absolute Gasteiger partial charge is 0.347 e. The van der Waals surface area contributed by atoms with Crippen molar-refractivity contribution in [2.45, 2.75) is 30.7 Å². The number of nitrogens with zero attached hydrogens (tertiary/aromatic N) is 5. The highest BCUT2D eigenvalue weighted by atomic mass is 35.5. The average Bonchev–Trinajstić information content (AvgIpc) is 2.67. The van der Waals surface area contributed by atoms with Crippen molar-refractivity contribution in [3.8, 4) is 0 Å². The van der Waals surface area contributed by atoms with E-state index < -0.39 is 10.0 Å². The Kier molecular flexibility index (Phi) is 6.13. The molecule has 1 N–H and O–H groups in total. The van der Waals surface area contributed by atoms with E-state index in [1.54, 1.807) is 17.0 Å². The van der Waals surface area contributed by atoms with Gasteiger partial charge in [0.25, 0.3) is 0 Å². The molecule has 2 heterocycles. The molecule has 0 unspecified atom stereocenters. The van der Waals surface area contributed by atoms with Crippen LogP contribution < -0.4 is 14.5 Å². The highest BCUT2D eigenvalue weighted by molar-refractivity contribution is 7.89. The number of hydrogen-bond donors (Lipinski definition) is 1. The maximum absolute atomic E-state index is 12.5. The zero-order valence-electron chi connectivity index (χ0n) is 15.4. The van der Waals surface area contributed by atoms with Gasteiger partial charge in [0.2, 0.25) is 21.9 Å². The van der Waals surface area contributed by atoms with Gasteiger partial charge in [-0.05, 0) is 31.4 Å². The lowest BCUT2D eigenvalue weighted by molar-refractivity contribution is 0.563. The molecular weight excluding hydrogens is 388 g/mol. The standard InChI is InChI=1S/C17H23ClN6O2S/c1-23(2)16-20-15(21-17(22-16)24-10-6-3-7-11-24)12-19-27(25,26)14-9-5-4-8-13(14)18/h4-5,8-9,19H,3,6-7,10-12H2,1-2H3. The first-order chi connectivity index (χ1) is 12.9. The number of rotatable bonds is 6. The Bertz CT molecular complexity index is 900. The summed E-state index contributed by atoms with van der Waals surface area (Å²) in [7, 11) is -0.0889. The van der Waals surface area contributed by atoms with Crippen molar-refractivity contribution in [2.24, 2.45) is 0 Å². The Balaban J connectivity index is 1.83. The second-order valence-electron chi connectivity index (χ2n) is 6.55. The number of piperidine rings is 1. The highest BCUT2D eigenvalue weighted by Crippen LogP contribution is 2.21. The minimum absolute atomic E-state index is 0.0322. The van der Waals surface area contributed by atoms with Crippen LogP contribution in [0, 0.1) is 0 Å². The van der Waals surface area contributed by atoms with Gasteiger partial charge in [0, 0.05) is 27.2 Å². The molecule has 0 bridgehead atoms. The number of aromatic nitrogens is 3. The van der Waals surface area contributed by atoms with Gasteiger partial charge in [-0.25, -0.2) is 13.1 Å². The summed E-state index contributed by atoms with van der Waals surface area (Å²) in [5, 5.41) is 0.170. The van der Waals surface area contributed by atoms with Crippen LogP contribution in [0.15, 0.2) is 29.2 Å². The molecule has 1 aromatic carbocycles. The van der Waals surface area contributed by atoms with E-state index >= 15 is 0 Å². The number of benzene rings is 1. The van der Waals surface area contributed by atoms with Gasteiger partial charge in [0.1, 0.15) is 4.90 Å². The minimum atomic E-state index is -3.77. The molecule has 1 fully saturated rings. The fourth-order valence-electron chi connectivity index (χ4n) is 2.81. The Morgan fingerprint density at radius 3 is 2.48 bits per heavy atom. The van der Waals surface area contributed by atoms with Crippen LogP contribution in [0.25, 0.3) is 0 Å². The normalized spacial score (nSPS) is 15.0. The van der Waals surface area contributed by atoms with Crippen LogP contribution in [0.2, 0.25) is 5.02 Å². The van der Waals surface area contributed by atoms with Gasteiger partial charge < -0.3 is 9.80 Å². The fraction of sp³-hybridized carbons (Fsp3) is 0.471. The van der Waals surface area contributed by atoms with Crippen molar-refractivity contribution < 1.29 is 8.42 Å². The first-order valence-corrected chi connectivity index (χ1v) is 10.6. The molecule has 8 nitrogen and oxygen atoms in total. The molecular formula is C17H23ClN6O2S. The summed E-state index contributed by atoms with van der Waals surface area (Å²) >= 11 is 6.01. The van der Waals surface area contributed by atoms with E-state index in [0.29, 0.717) is 17.7 Å². The third-order valence-corrected chi connectivity index (χ3v) is 6.14. The monoisotopic (exact) mass is 410 g/mol. The number of halogens is 1. The lowest BCUT2D eigenvalue weighted by Gasteiger charge is -2.27. The Morgan fingerprint density at radius 1 is 1.11 bits per heavy atom. The van der Waals surface area contributed by atoms with Crippen molar-refractivity contribution in [3.05, 3.63) is 35.1 Å². The molecule has 0 aliphatic carbocycles. The van der Waals surface area contributed by atoms with E-state index in [9.17, 15) is 8.42 Å². The SMILES string of the molecule is CN(C)c1nc(CNS(=O)(=O)c2ccccc2Cl)nc(N2CCCCC2)n1. The molecule has 0 atom stereocenters. The molecule has 0 radical (unpaired) electrons. The summed E-state index contributed by atoms with van der Waals surface area (Å²) in [6.07, 6.45) is 3.39. The van der Waals surface area contributed by atoms with Gasteiger partial charge in [-0.3, -0.25) is 0 Å². The Labute approximate surface area is 164 Å². The maximum Gasteiger partial charge on any atom is 0.242 e. The molecule has 1 aromatic heterocycles. The Hall–Kier alpha value is -1.97. The van der Waals surface area contributed by atoms with Crippen LogP contribution in [-0.4, -0.2) is 50.6 Å². The lowest BCUT2D eigenvalue weighted by Crippen LogP contribution is -2.33. The summed E-state index contributed by atoms with van der Waals surface area (Å²) in [6, 6.07) is 6.31. The zero-order valence-corrected chi connectivity index (χ0v) is 17.0. The maximum atomic E-state index is 12.5. The van der Waals surface area contributed by atoms with Crippen LogP contribution in [-0.2, 0) is 16.6 Å². The number of anilines is 2. The molecule has 1 aliphatic heterocycles. The zero-order chi connectivity index (χ0) is 19.4. The van der Waals surface area contributed by atoms with Crippen molar-refractivity contribution >= 4 is 33.5 Å². The summed E-state index contributed by atoms with van der Waals surface area (Å²) in [5.41, 5.74) is 0. The van der Waals surface area contributed by atoms with Gasteiger partial charge in [0.15, 0.2) is 5.82 Å². The van der Waals surface area contributed by atoms with Crippen LogP contribution in [0.1, 0.15) is 25.1 Å². The van der Waals surface area contributed by atoms with E-state index in [4.69, 9.17) is 11.6 Å². The average molecular weight is 411 g/mol. The number of sulfonamides is 1. The fourth-order valence-corrected chi connectivity index (χ4v) is 4.31. The second-order valence-corrected chi connectivity index (χ2v) is 8.69. The molecule has 0 saturated carbocycles. The van der Waals surface area contributed by atoms with Crippen LogP contribution in [0.3, 0.4) is 0 Å². The smallest absolute Gasteiger partial charge is 0.242 e. The molecule has 146 valence electrons. The molecule has 27 heavy (non-hydrogen) atoms. The van der Waals surface area contributed by atoms with Crippen molar-refractivity contribution in [2.75, 3.05) is 37.0 Å². The lowest BCUT2D eigenvalue weighted by atomic mass is 10.1. The van der Waals surface area contributed by atoms with Crippen LogP contribution >= 0.6 is 11.6 Å². The second kappa shape index (κ2) is 8.37. The summed E-state index contributed by atoms with van der Waals surface area (Å²) < 4.78 is 27.6. The first kappa shape index (κ1) is 19.8. The van der Waals surface area contributed by atoms with Crippen molar-refractivity contribution in [1.82, 2.24) is 19.7 Å². The van der Waals surface area contributed by atoms with Gasteiger partial charge >= 0.3 is 0 Å². The molecule has 0 amide bonds. The third kappa shape index (κ3) is 4.85. The van der Waals surface area contributed by atoms with Gasteiger partial charge in [-0.1, -0.05) is 23.7 Å².